The van der Waals surface area contributed by atoms with Crippen LogP contribution in [0.25, 0.3) is 0 Å². The molecule has 2 aromatic heterocycles. The number of aryl methyl sites for hydroxylation is 1. The van der Waals surface area contributed by atoms with Crippen LogP contribution in [0.1, 0.15) is 46.8 Å². The van der Waals surface area contributed by atoms with E-state index in [1.807, 2.05) is 26.0 Å². The van der Waals surface area contributed by atoms with Gasteiger partial charge in [0.15, 0.2) is 0 Å². The number of nitrogens with zero attached hydrogens (tertiary/aromatic N) is 1. The molecule has 1 aliphatic rings. The Hall–Kier alpha value is -4.40. The number of fused-ring (bicyclic) bond motifs is 1. The van der Waals surface area contributed by atoms with Crippen LogP contribution >= 0.6 is 0 Å². The van der Waals surface area contributed by atoms with Gasteiger partial charge in [-0.25, -0.2) is 0 Å². The molecule has 4 aromatic rings. The number of aromatic nitrogens is 1. The lowest BCUT2D eigenvalue weighted by atomic mass is 10.1. The summed E-state index contributed by atoms with van der Waals surface area (Å²) in [6.07, 6.45) is 2.13. The SMILES string of the molecule is CC[C@@H](Nc1c(Nc2cccc3c2C(=O)N(c2ccc[nH]c2=O)C3)c(=O)c1=O)c1ccc(C)o1. The summed E-state index contributed by atoms with van der Waals surface area (Å²) in [5, 5.41) is 6.11. The summed E-state index contributed by atoms with van der Waals surface area (Å²) in [4.78, 5) is 54.2. The van der Waals surface area contributed by atoms with Gasteiger partial charge in [0, 0.05) is 6.20 Å². The van der Waals surface area contributed by atoms with Crippen molar-refractivity contribution < 1.29 is 9.21 Å². The van der Waals surface area contributed by atoms with E-state index in [-0.39, 0.29) is 41.1 Å². The molecule has 1 aliphatic heterocycles. The number of aromatic amines is 1. The van der Waals surface area contributed by atoms with Gasteiger partial charge in [-0.2, -0.15) is 0 Å². The van der Waals surface area contributed by atoms with Crippen LogP contribution in [-0.4, -0.2) is 10.9 Å². The van der Waals surface area contributed by atoms with E-state index in [1.165, 1.54) is 11.1 Å². The summed E-state index contributed by atoms with van der Waals surface area (Å²) in [7, 11) is 0. The molecule has 0 fully saturated rings. The average molecular weight is 458 g/mol. The van der Waals surface area contributed by atoms with Gasteiger partial charge >= 0.3 is 0 Å². The smallest absolute Gasteiger partial charge is 0.271 e. The number of furan rings is 1. The van der Waals surface area contributed by atoms with Gasteiger partial charge in [0.1, 0.15) is 28.6 Å². The molecule has 3 N–H and O–H groups in total. The van der Waals surface area contributed by atoms with E-state index in [0.29, 0.717) is 29.0 Å². The minimum Gasteiger partial charge on any atom is -0.464 e. The largest absolute Gasteiger partial charge is 0.464 e. The molecule has 34 heavy (non-hydrogen) atoms. The molecule has 9 heteroatoms. The van der Waals surface area contributed by atoms with Crippen molar-refractivity contribution >= 4 is 28.7 Å². The van der Waals surface area contributed by atoms with Gasteiger partial charge in [-0.1, -0.05) is 19.1 Å². The highest BCUT2D eigenvalue weighted by atomic mass is 16.3. The highest BCUT2D eigenvalue weighted by molar-refractivity contribution is 6.13. The van der Waals surface area contributed by atoms with Crippen molar-refractivity contribution in [2.24, 2.45) is 0 Å². The van der Waals surface area contributed by atoms with E-state index in [0.717, 1.165) is 5.76 Å². The van der Waals surface area contributed by atoms with Crippen LogP contribution in [0.5, 0.6) is 0 Å². The summed E-state index contributed by atoms with van der Waals surface area (Å²) < 4.78 is 5.68. The Morgan fingerprint density at radius 2 is 1.82 bits per heavy atom. The Labute approximate surface area is 193 Å². The molecule has 9 nitrogen and oxygen atoms in total. The van der Waals surface area contributed by atoms with Crippen molar-refractivity contribution in [3.05, 3.63) is 102 Å². The molecule has 0 unspecified atom stereocenters. The van der Waals surface area contributed by atoms with E-state index in [4.69, 9.17) is 4.42 Å². The number of pyridine rings is 1. The van der Waals surface area contributed by atoms with Gasteiger partial charge in [0.25, 0.3) is 22.3 Å². The first kappa shape index (κ1) is 21.4. The number of rotatable bonds is 7. The zero-order valence-electron chi connectivity index (χ0n) is 18.6. The highest BCUT2D eigenvalue weighted by Gasteiger charge is 2.33. The van der Waals surface area contributed by atoms with E-state index in [1.54, 1.807) is 30.3 Å². The fourth-order valence-corrected chi connectivity index (χ4v) is 4.26. The third kappa shape index (κ3) is 3.42. The van der Waals surface area contributed by atoms with Crippen LogP contribution in [0.2, 0.25) is 0 Å². The van der Waals surface area contributed by atoms with E-state index in [2.05, 4.69) is 15.6 Å². The second-order valence-corrected chi connectivity index (χ2v) is 8.20. The number of carbonyl (C=O) groups excluding carboxylic acids is 1. The van der Waals surface area contributed by atoms with Crippen LogP contribution in [0.4, 0.5) is 22.7 Å². The van der Waals surface area contributed by atoms with Crippen molar-refractivity contribution in [1.29, 1.82) is 0 Å². The van der Waals surface area contributed by atoms with Gasteiger partial charge < -0.3 is 20.0 Å². The van der Waals surface area contributed by atoms with Gasteiger partial charge in [0.05, 0.1) is 23.8 Å². The molecule has 2 aromatic carbocycles. The zero-order valence-corrected chi connectivity index (χ0v) is 18.6. The van der Waals surface area contributed by atoms with Crippen molar-refractivity contribution in [2.75, 3.05) is 15.5 Å². The lowest BCUT2D eigenvalue weighted by Crippen LogP contribution is -2.37. The van der Waals surface area contributed by atoms with Gasteiger partial charge in [-0.3, -0.25) is 24.1 Å². The quantitative estimate of drug-likeness (QED) is 0.363. The predicted molar refractivity (Wildman–Crippen MR) is 129 cm³/mol. The number of anilines is 4. The van der Waals surface area contributed by atoms with E-state index >= 15 is 0 Å². The molecule has 0 saturated heterocycles. The molecule has 0 radical (unpaired) electrons. The van der Waals surface area contributed by atoms with Crippen molar-refractivity contribution in [3.8, 4) is 0 Å². The molecule has 0 bridgehead atoms. The van der Waals surface area contributed by atoms with Crippen LogP contribution in [0, 0.1) is 6.92 Å². The van der Waals surface area contributed by atoms with Gasteiger partial charge in [-0.15, -0.1) is 0 Å². The van der Waals surface area contributed by atoms with Crippen LogP contribution in [0.3, 0.4) is 0 Å². The fourth-order valence-electron chi connectivity index (χ4n) is 4.26. The third-order valence-electron chi connectivity index (χ3n) is 6.03. The van der Waals surface area contributed by atoms with Gasteiger partial charge in [0.2, 0.25) is 0 Å². The number of hydrogen-bond donors (Lipinski definition) is 3. The Bertz CT molecular complexity index is 1540. The lowest BCUT2D eigenvalue weighted by Gasteiger charge is -2.21. The molecule has 1 amide bonds. The molecular weight excluding hydrogens is 436 g/mol. The molecule has 5 rings (SSSR count). The normalized spacial score (nSPS) is 13.8. The Morgan fingerprint density at radius 1 is 1.03 bits per heavy atom. The van der Waals surface area contributed by atoms with Crippen LogP contribution in [-0.2, 0) is 6.54 Å². The van der Waals surface area contributed by atoms with Crippen molar-refractivity contribution in [3.63, 3.8) is 0 Å². The van der Waals surface area contributed by atoms with Gasteiger partial charge in [-0.05, 0) is 49.2 Å². The predicted octanol–water partition coefficient (Wildman–Crippen LogP) is 3.34. The van der Waals surface area contributed by atoms with E-state index < -0.39 is 10.9 Å². The summed E-state index contributed by atoms with van der Waals surface area (Å²) in [6, 6.07) is 11.8. The first-order valence-corrected chi connectivity index (χ1v) is 10.9. The summed E-state index contributed by atoms with van der Waals surface area (Å²) in [5.41, 5.74) is 0.315. The standard InChI is InChI=1S/C25H22N4O5/c1-3-15(18-10-9-13(2)34-18)27-20-21(23(31)22(20)30)28-16-7-4-6-14-12-29(25(33)19(14)16)17-8-5-11-26-24(17)32/h4-11,15,27-28H,3,12H2,1-2H3,(H,26,32)/t15-/m1/s1. The fraction of sp³-hybridized carbons (Fsp3) is 0.200. The molecule has 3 heterocycles. The summed E-state index contributed by atoms with van der Waals surface area (Å²) in [5.74, 6) is 1.05. The van der Waals surface area contributed by atoms with Crippen molar-refractivity contribution in [2.45, 2.75) is 32.9 Å². The number of H-pyrrole nitrogens is 1. The van der Waals surface area contributed by atoms with Crippen LogP contribution < -0.4 is 32.0 Å². The minimum absolute atomic E-state index is 0.101. The molecule has 1 atom stereocenters. The molecule has 172 valence electrons. The first-order chi connectivity index (χ1) is 16.4. The maximum atomic E-state index is 13.2. The average Bonchev–Trinajstić information content (AvgIpc) is 3.42. The van der Waals surface area contributed by atoms with E-state index in [9.17, 15) is 19.2 Å². The second kappa shape index (κ2) is 8.18. The Kier molecular flexibility index (Phi) is 5.16. The number of nitrogens with one attached hydrogen (secondary N) is 3. The maximum Gasteiger partial charge on any atom is 0.271 e. The number of carbonyl (C=O) groups is 1. The second-order valence-electron chi connectivity index (χ2n) is 8.20. The highest BCUT2D eigenvalue weighted by Crippen LogP contribution is 2.34. The number of benzene rings is 1. The minimum atomic E-state index is -0.660. The zero-order chi connectivity index (χ0) is 24.0. The monoisotopic (exact) mass is 458 g/mol. The Morgan fingerprint density at radius 3 is 2.53 bits per heavy atom. The van der Waals surface area contributed by atoms with Crippen molar-refractivity contribution in [1.82, 2.24) is 4.98 Å². The molecule has 0 saturated carbocycles. The number of amides is 1. The molecule has 0 spiro atoms. The Balaban J connectivity index is 1.46. The summed E-state index contributed by atoms with van der Waals surface area (Å²) >= 11 is 0. The molecular formula is C25H22N4O5. The summed E-state index contributed by atoms with van der Waals surface area (Å²) in [6.45, 7) is 4.00. The molecule has 0 aliphatic carbocycles. The van der Waals surface area contributed by atoms with Crippen LogP contribution in [0.15, 0.2) is 67.5 Å². The number of hydrogen-bond acceptors (Lipinski definition) is 7. The first-order valence-electron chi connectivity index (χ1n) is 10.9. The lowest BCUT2D eigenvalue weighted by molar-refractivity contribution is 0.0997. The third-order valence-corrected chi connectivity index (χ3v) is 6.03. The topological polar surface area (TPSA) is 125 Å². The maximum absolute atomic E-state index is 13.2.